The van der Waals surface area contributed by atoms with E-state index < -0.39 is 5.54 Å². The number of carbonyl (C=O) groups excluding carboxylic acids is 2. The van der Waals surface area contributed by atoms with Crippen LogP contribution in [0.25, 0.3) is 0 Å². The van der Waals surface area contributed by atoms with E-state index in [2.05, 4.69) is 10.6 Å². The smallest absolute Gasteiger partial charge is 0.220 e. The average molecular weight is 384 g/mol. The zero-order valence-electron chi connectivity index (χ0n) is 15.6. The molecule has 0 spiro atoms. The number of carbonyl (C=O) groups is 2. The van der Waals surface area contributed by atoms with Gasteiger partial charge in [0.15, 0.2) is 11.5 Å². The van der Waals surface area contributed by atoms with Crippen molar-refractivity contribution >= 4 is 11.8 Å². The Morgan fingerprint density at radius 1 is 1.21 bits per heavy atom. The summed E-state index contributed by atoms with van der Waals surface area (Å²) in [7, 11) is 0. The van der Waals surface area contributed by atoms with Crippen LogP contribution >= 0.6 is 0 Å². The van der Waals surface area contributed by atoms with E-state index in [4.69, 9.17) is 13.9 Å². The Bertz CT molecular complexity index is 835. The molecule has 2 N–H and O–H groups in total. The van der Waals surface area contributed by atoms with Gasteiger partial charge in [0.25, 0.3) is 0 Å². The third-order valence-electron chi connectivity index (χ3n) is 5.25. The summed E-state index contributed by atoms with van der Waals surface area (Å²) >= 11 is 0. The van der Waals surface area contributed by atoms with Gasteiger partial charge in [-0.2, -0.15) is 0 Å². The van der Waals surface area contributed by atoms with Crippen molar-refractivity contribution in [2.24, 2.45) is 0 Å². The molecule has 7 nitrogen and oxygen atoms in total. The van der Waals surface area contributed by atoms with Gasteiger partial charge in [-0.25, -0.2) is 0 Å². The first-order valence-corrected chi connectivity index (χ1v) is 9.60. The third-order valence-corrected chi connectivity index (χ3v) is 5.25. The molecule has 2 aromatic rings. The number of hydrogen-bond acceptors (Lipinski definition) is 5. The molecule has 0 saturated carbocycles. The molecule has 28 heavy (non-hydrogen) atoms. The molecule has 2 atom stereocenters. The minimum Gasteiger partial charge on any atom is -0.486 e. The Hall–Kier alpha value is -2.96. The first-order valence-electron chi connectivity index (χ1n) is 9.60. The van der Waals surface area contributed by atoms with Crippen LogP contribution in [-0.2, 0) is 16.0 Å². The number of ether oxygens (including phenoxy) is 2. The van der Waals surface area contributed by atoms with Crippen molar-refractivity contribution in [1.29, 1.82) is 0 Å². The Labute approximate surface area is 163 Å². The van der Waals surface area contributed by atoms with Crippen LogP contribution in [0.15, 0.2) is 47.1 Å². The molecule has 3 heterocycles. The van der Waals surface area contributed by atoms with Gasteiger partial charge in [0, 0.05) is 24.8 Å². The fourth-order valence-electron chi connectivity index (χ4n) is 3.76. The Balaban J connectivity index is 1.27. The molecule has 1 saturated heterocycles. The molecule has 2 aliphatic heterocycles. The minimum absolute atomic E-state index is 0.0263. The molecule has 148 valence electrons. The first-order chi connectivity index (χ1) is 13.6. The monoisotopic (exact) mass is 384 g/mol. The predicted molar refractivity (Wildman–Crippen MR) is 101 cm³/mol. The van der Waals surface area contributed by atoms with Gasteiger partial charge in [-0.05, 0) is 37.1 Å². The zero-order valence-corrected chi connectivity index (χ0v) is 15.6. The lowest BCUT2D eigenvalue weighted by atomic mass is 9.87. The fourth-order valence-corrected chi connectivity index (χ4v) is 3.76. The molecule has 1 aromatic carbocycles. The second-order valence-electron chi connectivity index (χ2n) is 7.39. The summed E-state index contributed by atoms with van der Waals surface area (Å²) < 4.78 is 17.0. The number of benzene rings is 1. The van der Waals surface area contributed by atoms with Crippen molar-refractivity contribution in [3.05, 3.63) is 48.4 Å². The first kappa shape index (κ1) is 18.4. The summed E-state index contributed by atoms with van der Waals surface area (Å²) in [5, 5.41) is 5.97. The molecule has 4 rings (SSSR count). The van der Waals surface area contributed by atoms with Gasteiger partial charge in [-0.1, -0.05) is 12.1 Å². The van der Waals surface area contributed by atoms with E-state index >= 15 is 0 Å². The predicted octanol–water partition coefficient (Wildman–Crippen LogP) is 2.21. The summed E-state index contributed by atoms with van der Waals surface area (Å²) in [5.74, 6) is 2.19. The summed E-state index contributed by atoms with van der Waals surface area (Å²) in [6.07, 6.45) is 4.07. The second-order valence-corrected chi connectivity index (χ2v) is 7.39. The molecule has 0 aliphatic carbocycles. The molecular formula is C21H24N2O5. The molecule has 2 aliphatic rings. The lowest BCUT2D eigenvalue weighted by Gasteiger charge is -2.29. The Kier molecular flexibility index (Phi) is 5.23. The maximum Gasteiger partial charge on any atom is 0.220 e. The van der Waals surface area contributed by atoms with Crippen LogP contribution in [0.4, 0.5) is 0 Å². The highest BCUT2D eigenvalue weighted by Crippen LogP contribution is 2.31. The van der Waals surface area contributed by atoms with Crippen molar-refractivity contribution in [3.8, 4) is 11.5 Å². The van der Waals surface area contributed by atoms with Gasteiger partial charge in [-0.3, -0.25) is 9.59 Å². The summed E-state index contributed by atoms with van der Waals surface area (Å²) in [4.78, 5) is 24.2. The number of rotatable bonds is 7. The SMILES string of the molecule is O=C(CC[C@]1(Cc2ccco2)CCC(=O)N1)NC[C@@H]1COc2ccccc2O1. The molecule has 7 heteroatoms. The third kappa shape index (κ3) is 4.30. The van der Waals surface area contributed by atoms with Crippen LogP contribution in [0.2, 0.25) is 0 Å². The minimum atomic E-state index is -0.421. The maximum atomic E-state index is 12.4. The Morgan fingerprint density at radius 3 is 2.82 bits per heavy atom. The number of hydrogen-bond donors (Lipinski definition) is 2. The van der Waals surface area contributed by atoms with Crippen LogP contribution in [0, 0.1) is 0 Å². The van der Waals surface area contributed by atoms with E-state index in [9.17, 15) is 9.59 Å². The van der Waals surface area contributed by atoms with Crippen molar-refractivity contribution in [3.63, 3.8) is 0 Å². The number of para-hydroxylation sites is 2. The number of furan rings is 1. The Morgan fingerprint density at radius 2 is 2.07 bits per heavy atom. The number of nitrogens with one attached hydrogen (secondary N) is 2. The summed E-state index contributed by atoms with van der Waals surface area (Å²) in [6.45, 7) is 0.778. The van der Waals surface area contributed by atoms with E-state index in [1.54, 1.807) is 6.26 Å². The zero-order chi connectivity index (χ0) is 19.4. The fraction of sp³-hybridized carbons (Fsp3) is 0.429. The molecular weight excluding hydrogens is 360 g/mol. The van der Waals surface area contributed by atoms with Gasteiger partial charge in [-0.15, -0.1) is 0 Å². The quantitative estimate of drug-likeness (QED) is 0.764. The van der Waals surface area contributed by atoms with E-state index in [1.165, 1.54) is 0 Å². The van der Waals surface area contributed by atoms with E-state index in [1.807, 2.05) is 36.4 Å². The van der Waals surface area contributed by atoms with Gasteiger partial charge in [0.2, 0.25) is 11.8 Å². The maximum absolute atomic E-state index is 12.4. The van der Waals surface area contributed by atoms with Gasteiger partial charge in [0.05, 0.1) is 12.8 Å². The highest BCUT2D eigenvalue weighted by atomic mass is 16.6. The van der Waals surface area contributed by atoms with Crippen molar-refractivity contribution in [2.75, 3.05) is 13.2 Å². The van der Waals surface area contributed by atoms with E-state index in [0.717, 1.165) is 11.5 Å². The lowest BCUT2D eigenvalue weighted by Crippen LogP contribution is -2.45. The van der Waals surface area contributed by atoms with Crippen molar-refractivity contribution in [2.45, 2.75) is 43.7 Å². The number of amides is 2. The van der Waals surface area contributed by atoms with Gasteiger partial charge in [0.1, 0.15) is 18.5 Å². The van der Waals surface area contributed by atoms with Crippen LogP contribution in [0.3, 0.4) is 0 Å². The number of fused-ring (bicyclic) bond motifs is 1. The van der Waals surface area contributed by atoms with Crippen LogP contribution in [0.1, 0.15) is 31.4 Å². The molecule has 0 unspecified atom stereocenters. The topological polar surface area (TPSA) is 89.8 Å². The highest BCUT2D eigenvalue weighted by molar-refractivity contribution is 5.80. The van der Waals surface area contributed by atoms with E-state index in [0.29, 0.717) is 51.0 Å². The standard InChI is InChI=1S/C21H24N2O5/c24-19(22-13-16-14-27-17-5-1-2-6-18(17)28-16)7-9-21(10-8-20(25)23-21)12-15-4-3-11-26-15/h1-6,11,16H,7-10,12-14H2,(H,22,24)(H,23,25)/t16-,21-/m1/s1. The summed E-state index contributed by atoms with van der Waals surface area (Å²) in [5.41, 5.74) is -0.421. The highest BCUT2D eigenvalue weighted by Gasteiger charge is 2.38. The molecule has 0 radical (unpaired) electrons. The average Bonchev–Trinajstić information content (AvgIpc) is 3.35. The van der Waals surface area contributed by atoms with Crippen LogP contribution in [-0.4, -0.2) is 36.6 Å². The molecule has 2 amide bonds. The molecule has 1 aromatic heterocycles. The normalized spacial score (nSPS) is 23.3. The lowest BCUT2D eigenvalue weighted by molar-refractivity contribution is -0.123. The molecule has 1 fully saturated rings. The van der Waals surface area contributed by atoms with Crippen LogP contribution in [0.5, 0.6) is 11.5 Å². The summed E-state index contributed by atoms with van der Waals surface area (Å²) in [6, 6.07) is 11.2. The molecule has 0 bridgehead atoms. The van der Waals surface area contributed by atoms with E-state index in [-0.39, 0.29) is 17.9 Å². The van der Waals surface area contributed by atoms with Gasteiger partial charge >= 0.3 is 0 Å². The van der Waals surface area contributed by atoms with Gasteiger partial charge < -0.3 is 24.5 Å². The largest absolute Gasteiger partial charge is 0.486 e. The van der Waals surface area contributed by atoms with Crippen molar-refractivity contribution in [1.82, 2.24) is 10.6 Å². The van der Waals surface area contributed by atoms with Crippen molar-refractivity contribution < 1.29 is 23.5 Å². The van der Waals surface area contributed by atoms with Crippen LogP contribution < -0.4 is 20.1 Å². The second kappa shape index (κ2) is 7.96.